The van der Waals surface area contributed by atoms with Crippen molar-refractivity contribution < 1.29 is 17.9 Å². The Morgan fingerprint density at radius 3 is 2.36 bits per heavy atom. The molecule has 0 bridgehead atoms. The van der Waals surface area contributed by atoms with E-state index in [9.17, 15) is 13.2 Å². The van der Waals surface area contributed by atoms with E-state index in [0.717, 1.165) is 5.71 Å². The van der Waals surface area contributed by atoms with Gasteiger partial charge < -0.3 is 9.64 Å². The average Bonchev–Trinajstić information content (AvgIpc) is 2.52. The van der Waals surface area contributed by atoms with Crippen LogP contribution in [0.1, 0.15) is 39.2 Å². The molecule has 2 rings (SSSR count). The minimum atomic E-state index is -3.53. The molecule has 138 valence electrons. The molecule has 0 atom stereocenters. The molecule has 1 heterocycles. The highest BCUT2D eigenvalue weighted by atomic mass is 32.2. The number of nitrogens with zero attached hydrogens (tertiary/aromatic N) is 2. The third-order valence-corrected chi connectivity index (χ3v) is 4.62. The Hall–Kier alpha value is -2.09. The van der Waals surface area contributed by atoms with E-state index in [-0.39, 0.29) is 11.8 Å². The maximum atomic E-state index is 12.1. The Morgan fingerprint density at radius 2 is 1.80 bits per heavy atom. The molecule has 1 aromatic rings. The summed E-state index contributed by atoms with van der Waals surface area (Å²) in [5.74, 6) is -0.116. The first-order valence-corrected chi connectivity index (χ1v) is 9.87. The number of carbonyl (C=O) groups excluding carboxylic acids is 1. The normalized spacial score (nSPS) is 15.6. The fourth-order valence-electron chi connectivity index (χ4n) is 2.35. The fourth-order valence-corrected chi connectivity index (χ4v) is 3.31. The van der Waals surface area contributed by atoms with Gasteiger partial charge in [0.2, 0.25) is 0 Å². The van der Waals surface area contributed by atoms with Crippen molar-refractivity contribution in [2.75, 3.05) is 13.1 Å². The fraction of sp³-hybridized carbons (Fsp3) is 0.529. The zero-order chi connectivity index (χ0) is 18.5. The summed E-state index contributed by atoms with van der Waals surface area (Å²) in [5, 5.41) is 4.02. The number of hydrogen-bond acceptors (Lipinski definition) is 5. The third-order valence-electron chi connectivity index (χ3n) is 3.53. The highest BCUT2D eigenvalue weighted by Gasteiger charge is 2.25. The van der Waals surface area contributed by atoms with Crippen LogP contribution in [0.15, 0.2) is 35.4 Å². The standard InChI is InChI=1S/C17H25N3O4S/c1-17(2,3)24-16(21)20-11-9-15(10-12-20)18-19-25(22,23)13-14-7-5-4-6-8-14/h4-8,19H,9-13H2,1-3H3. The number of nitrogens with one attached hydrogen (secondary N) is 1. The maximum Gasteiger partial charge on any atom is 0.410 e. The largest absolute Gasteiger partial charge is 0.444 e. The number of sulfonamides is 1. The molecule has 1 amide bonds. The number of piperidine rings is 1. The van der Waals surface area contributed by atoms with Crippen LogP contribution in [-0.2, 0) is 20.5 Å². The number of benzene rings is 1. The van der Waals surface area contributed by atoms with Crippen molar-refractivity contribution >= 4 is 21.8 Å². The van der Waals surface area contributed by atoms with Crippen molar-refractivity contribution in [1.82, 2.24) is 9.73 Å². The van der Waals surface area contributed by atoms with Gasteiger partial charge >= 0.3 is 6.09 Å². The van der Waals surface area contributed by atoms with Gasteiger partial charge in [0.15, 0.2) is 0 Å². The first-order chi connectivity index (χ1) is 11.6. The molecular weight excluding hydrogens is 342 g/mol. The number of hydrazone groups is 1. The lowest BCUT2D eigenvalue weighted by Crippen LogP contribution is -2.42. The molecule has 0 radical (unpaired) electrons. The minimum absolute atomic E-state index is 0.116. The summed E-state index contributed by atoms with van der Waals surface area (Å²) in [4.78, 5) is 15.9. The summed E-state index contributed by atoms with van der Waals surface area (Å²) in [6.45, 7) is 6.40. The van der Waals surface area contributed by atoms with Crippen LogP contribution in [0.25, 0.3) is 0 Å². The Labute approximate surface area is 149 Å². The van der Waals surface area contributed by atoms with Crippen LogP contribution in [-0.4, -0.2) is 43.8 Å². The summed E-state index contributed by atoms with van der Waals surface area (Å²) in [6, 6.07) is 8.94. The van der Waals surface area contributed by atoms with Gasteiger partial charge in [0, 0.05) is 31.6 Å². The van der Waals surface area contributed by atoms with Gasteiger partial charge in [0.1, 0.15) is 5.60 Å². The van der Waals surface area contributed by atoms with E-state index in [1.54, 1.807) is 29.2 Å². The first kappa shape index (κ1) is 19.2. The van der Waals surface area contributed by atoms with Gasteiger partial charge in [-0.15, -0.1) is 0 Å². The van der Waals surface area contributed by atoms with Gasteiger partial charge in [-0.3, -0.25) is 0 Å². The van der Waals surface area contributed by atoms with Gasteiger partial charge in [-0.25, -0.2) is 18.0 Å². The monoisotopic (exact) mass is 367 g/mol. The van der Waals surface area contributed by atoms with Crippen LogP contribution in [0.3, 0.4) is 0 Å². The predicted molar refractivity (Wildman–Crippen MR) is 96.7 cm³/mol. The molecule has 7 nitrogen and oxygen atoms in total. The highest BCUT2D eigenvalue weighted by molar-refractivity contribution is 7.88. The number of ether oxygens (including phenoxy) is 1. The number of likely N-dealkylation sites (tertiary alicyclic amines) is 1. The average molecular weight is 367 g/mol. The van der Waals surface area contributed by atoms with Gasteiger partial charge in [-0.1, -0.05) is 30.3 Å². The van der Waals surface area contributed by atoms with Gasteiger partial charge in [0.25, 0.3) is 10.0 Å². The molecular formula is C17H25N3O4S. The minimum Gasteiger partial charge on any atom is -0.444 e. The molecule has 0 aromatic heterocycles. The van der Waals surface area contributed by atoms with E-state index in [1.807, 2.05) is 26.8 Å². The number of hydrogen-bond donors (Lipinski definition) is 1. The Morgan fingerprint density at radius 1 is 1.20 bits per heavy atom. The topological polar surface area (TPSA) is 88.1 Å². The second-order valence-corrected chi connectivity index (χ2v) is 8.68. The second-order valence-electron chi connectivity index (χ2n) is 6.98. The van der Waals surface area contributed by atoms with Crippen LogP contribution >= 0.6 is 0 Å². The summed E-state index contributed by atoms with van der Waals surface area (Å²) >= 11 is 0. The van der Waals surface area contributed by atoms with Crippen LogP contribution in [0, 0.1) is 0 Å². The van der Waals surface area contributed by atoms with Crippen molar-refractivity contribution in [2.45, 2.75) is 45.0 Å². The van der Waals surface area contributed by atoms with E-state index in [0.29, 0.717) is 31.5 Å². The Bertz CT molecular complexity index is 714. The van der Waals surface area contributed by atoms with Crippen molar-refractivity contribution in [1.29, 1.82) is 0 Å². The van der Waals surface area contributed by atoms with E-state index >= 15 is 0 Å². The van der Waals surface area contributed by atoms with Crippen molar-refractivity contribution in [3.05, 3.63) is 35.9 Å². The van der Waals surface area contributed by atoms with E-state index in [4.69, 9.17) is 4.74 Å². The van der Waals surface area contributed by atoms with Gasteiger partial charge in [0.05, 0.1) is 5.75 Å². The van der Waals surface area contributed by atoms with Crippen LogP contribution < -0.4 is 4.83 Å². The molecule has 1 N–H and O–H groups in total. The molecule has 0 aliphatic carbocycles. The Kier molecular flexibility index (Phi) is 6.05. The van der Waals surface area contributed by atoms with Crippen LogP contribution in [0.5, 0.6) is 0 Å². The molecule has 1 saturated heterocycles. The lowest BCUT2D eigenvalue weighted by Gasteiger charge is -2.30. The lowest BCUT2D eigenvalue weighted by atomic mass is 10.1. The second kappa shape index (κ2) is 7.86. The molecule has 0 saturated carbocycles. The predicted octanol–water partition coefficient (Wildman–Crippen LogP) is 2.49. The quantitative estimate of drug-likeness (QED) is 0.828. The molecule has 8 heteroatoms. The smallest absolute Gasteiger partial charge is 0.410 e. The van der Waals surface area contributed by atoms with E-state index in [1.165, 1.54) is 0 Å². The lowest BCUT2D eigenvalue weighted by molar-refractivity contribution is 0.0249. The zero-order valence-electron chi connectivity index (χ0n) is 14.9. The first-order valence-electron chi connectivity index (χ1n) is 8.21. The Balaban J connectivity index is 1.85. The molecule has 1 aromatic carbocycles. The zero-order valence-corrected chi connectivity index (χ0v) is 15.7. The number of rotatable bonds is 4. The molecule has 1 aliphatic heterocycles. The molecule has 1 aliphatic rings. The van der Waals surface area contributed by atoms with Crippen LogP contribution in [0.4, 0.5) is 4.79 Å². The number of carbonyl (C=O) groups is 1. The summed E-state index contributed by atoms with van der Waals surface area (Å²) < 4.78 is 29.5. The maximum absolute atomic E-state index is 12.1. The van der Waals surface area contributed by atoms with Crippen molar-refractivity contribution in [3.63, 3.8) is 0 Å². The molecule has 0 spiro atoms. The molecule has 0 unspecified atom stereocenters. The SMILES string of the molecule is CC(C)(C)OC(=O)N1CCC(=NNS(=O)(=O)Cc2ccccc2)CC1. The van der Waals surface area contributed by atoms with Crippen molar-refractivity contribution in [3.8, 4) is 0 Å². The van der Waals surface area contributed by atoms with Gasteiger partial charge in [-0.2, -0.15) is 5.10 Å². The summed E-state index contributed by atoms with van der Waals surface area (Å²) in [6.07, 6.45) is 0.691. The summed E-state index contributed by atoms with van der Waals surface area (Å²) in [7, 11) is -3.53. The van der Waals surface area contributed by atoms with Crippen LogP contribution in [0.2, 0.25) is 0 Å². The third kappa shape index (κ3) is 6.74. The number of amides is 1. The van der Waals surface area contributed by atoms with Crippen molar-refractivity contribution in [2.24, 2.45) is 5.10 Å². The van der Waals surface area contributed by atoms with E-state index in [2.05, 4.69) is 9.93 Å². The van der Waals surface area contributed by atoms with Gasteiger partial charge in [-0.05, 0) is 26.3 Å². The summed E-state index contributed by atoms with van der Waals surface area (Å²) in [5.41, 5.74) is 0.907. The molecule has 25 heavy (non-hydrogen) atoms. The molecule has 1 fully saturated rings. The van der Waals surface area contributed by atoms with E-state index < -0.39 is 15.6 Å². The highest BCUT2D eigenvalue weighted by Crippen LogP contribution is 2.14.